The van der Waals surface area contributed by atoms with Crippen LogP contribution in [0.5, 0.6) is 0 Å². The summed E-state index contributed by atoms with van der Waals surface area (Å²) >= 11 is 1.70. The Labute approximate surface area is 101 Å². The zero-order valence-electron chi connectivity index (χ0n) is 10.1. The second-order valence-electron chi connectivity index (χ2n) is 4.03. The summed E-state index contributed by atoms with van der Waals surface area (Å²) < 4.78 is 5.00. The van der Waals surface area contributed by atoms with Gasteiger partial charge < -0.3 is 9.64 Å². The van der Waals surface area contributed by atoms with E-state index in [1.54, 1.807) is 23.6 Å². The number of hydrogen-bond acceptors (Lipinski definition) is 4. The van der Waals surface area contributed by atoms with Crippen molar-refractivity contribution in [1.82, 2.24) is 4.90 Å². The van der Waals surface area contributed by atoms with Gasteiger partial charge in [-0.15, -0.1) is 0 Å². The lowest BCUT2D eigenvalue weighted by Crippen LogP contribution is -2.52. The Morgan fingerprint density at radius 1 is 1.50 bits per heavy atom. The van der Waals surface area contributed by atoms with Crippen LogP contribution in [0.1, 0.15) is 20.8 Å². The van der Waals surface area contributed by atoms with Crippen LogP contribution in [0.3, 0.4) is 0 Å². The van der Waals surface area contributed by atoms with Gasteiger partial charge in [0.15, 0.2) is 0 Å². The maximum absolute atomic E-state index is 11.9. The molecule has 0 aromatic rings. The Hall–Kier alpha value is -0.710. The molecule has 0 saturated carbocycles. The molecular formula is C11H19NO3S. The van der Waals surface area contributed by atoms with Gasteiger partial charge in [-0.25, -0.2) is 4.79 Å². The molecule has 0 aliphatic carbocycles. The van der Waals surface area contributed by atoms with Gasteiger partial charge in [0.2, 0.25) is 5.91 Å². The van der Waals surface area contributed by atoms with Gasteiger partial charge in [0.25, 0.3) is 0 Å². The van der Waals surface area contributed by atoms with Gasteiger partial charge in [-0.3, -0.25) is 4.79 Å². The highest BCUT2D eigenvalue weighted by Crippen LogP contribution is 2.19. The highest BCUT2D eigenvalue weighted by atomic mass is 32.2. The number of carbonyl (C=O) groups is 2. The van der Waals surface area contributed by atoms with Gasteiger partial charge >= 0.3 is 5.97 Å². The highest BCUT2D eigenvalue weighted by Gasteiger charge is 2.34. The first-order valence-corrected chi connectivity index (χ1v) is 6.78. The number of nitrogens with zero attached hydrogens (tertiary/aromatic N) is 1. The third-order valence-electron chi connectivity index (χ3n) is 2.46. The molecule has 1 rings (SSSR count). The molecule has 0 aromatic heterocycles. The fraction of sp³-hybridized carbons (Fsp3) is 0.818. The fourth-order valence-corrected chi connectivity index (χ4v) is 2.66. The second kappa shape index (κ2) is 6.13. The first-order chi connectivity index (χ1) is 7.57. The predicted octanol–water partition coefficient (Wildman–Crippen LogP) is 1.15. The summed E-state index contributed by atoms with van der Waals surface area (Å²) in [6, 6.07) is -0.395. The van der Waals surface area contributed by atoms with Gasteiger partial charge in [-0.05, 0) is 6.92 Å². The molecule has 1 fully saturated rings. The largest absolute Gasteiger partial charge is 0.464 e. The molecule has 0 spiro atoms. The summed E-state index contributed by atoms with van der Waals surface area (Å²) in [6.45, 7) is 6.50. The van der Waals surface area contributed by atoms with E-state index >= 15 is 0 Å². The molecule has 1 amide bonds. The van der Waals surface area contributed by atoms with E-state index in [0.29, 0.717) is 18.9 Å². The van der Waals surface area contributed by atoms with Crippen molar-refractivity contribution < 1.29 is 14.3 Å². The molecule has 0 radical (unpaired) electrons. The van der Waals surface area contributed by atoms with E-state index in [2.05, 4.69) is 0 Å². The van der Waals surface area contributed by atoms with Crippen LogP contribution in [0.15, 0.2) is 0 Å². The van der Waals surface area contributed by atoms with Crippen molar-refractivity contribution in [2.45, 2.75) is 26.8 Å². The molecule has 5 heteroatoms. The molecule has 1 heterocycles. The third kappa shape index (κ3) is 3.14. The van der Waals surface area contributed by atoms with Gasteiger partial charge in [-0.2, -0.15) is 11.8 Å². The SMILES string of the molecule is CCOC(=O)C1CSCCN1C(=O)C(C)C. The van der Waals surface area contributed by atoms with E-state index in [4.69, 9.17) is 4.74 Å². The van der Waals surface area contributed by atoms with Gasteiger partial charge in [0.05, 0.1) is 6.61 Å². The Balaban J connectivity index is 2.71. The van der Waals surface area contributed by atoms with Crippen molar-refractivity contribution in [3.63, 3.8) is 0 Å². The lowest BCUT2D eigenvalue weighted by molar-refractivity contribution is -0.154. The average Bonchev–Trinajstić information content (AvgIpc) is 2.28. The predicted molar refractivity (Wildman–Crippen MR) is 64.3 cm³/mol. The van der Waals surface area contributed by atoms with Crippen molar-refractivity contribution in [3.05, 3.63) is 0 Å². The van der Waals surface area contributed by atoms with Gasteiger partial charge in [-0.1, -0.05) is 13.8 Å². The molecule has 0 N–H and O–H groups in total. The quantitative estimate of drug-likeness (QED) is 0.700. The lowest BCUT2D eigenvalue weighted by Gasteiger charge is -2.34. The lowest BCUT2D eigenvalue weighted by atomic mass is 10.1. The van der Waals surface area contributed by atoms with Crippen LogP contribution in [-0.4, -0.2) is 47.5 Å². The van der Waals surface area contributed by atoms with Crippen molar-refractivity contribution in [3.8, 4) is 0 Å². The number of amides is 1. The molecule has 1 saturated heterocycles. The van der Waals surface area contributed by atoms with Crippen LogP contribution in [0.2, 0.25) is 0 Å². The first-order valence-electron chi connectivity index (χ1n) is 5.62. The van der Waals surface area contributed by atoms with Crippen LogP contribution in [0.4, 0.5) is 0 Å². The molecule has 1 aliphatic heterocycles. The molecule has 1 aliphatic rings. The molecule has 0 bridgehead atoms. The summed E-state index contributed by atoms with van der Waals surface area (Å²) in [6.07, 6.45) is 0. The van der Waals surface area contributed by atoms with E-state index in [1.807, 2.05) is 13.8 Å². The standard InChI is InChI=1S/C11H19NO3S/c1-4-15-11(14)9-7-16-6-5-12(9)10(13)8(2)3/h8-9H,4-7H2,1-3H3. The van der Waals surface area contributed by atoms with E-state index in [9.17, 15) is 9.59 Å². The number of carbonyl (C=O) groups excluding carboxylic acids is 2. The van der Waals surface area contributed by atoms with Crippen LogP contribution in [0.25, 0.3) is 0 Å². The number of thioether (sulfide) groups is 1. The maximum atomic E-state index is 11.9. The zero-order valence-corrected chi connectivity index (χ0v) is 10.9. The Morgan fingerprint density at radius 3 is 2.75 bits per heavy atom. The second-order valence-corrected chi connectivity index (χ2v) is 5.18. The number of esters is 1. The monoisotopic (exact) mass is 245 g/mol. The Morgan fingerprint density at radius 2 is 2.19 bits per heavy atom. The van der Waals surface area contributed by atoms with Crippen LogP contribution in [-0.2, 0) is 14.3 Å². The molecular weight excluding hydrogens is 226 g/mol. The van der Waals surface area contributed by atoms with E-state index in [0.717, 1.165) is 5.75 Å². The number of hydrogen-bond donors (Lipinski definition) is 0. The molecule has 92 valence electrons. The summed E-state index contributed by atoms with van der Waals surface area (Å²) in [4.78, 5) is 25.3. The van der Waals surface area contributed by atoms with E-state index < -0.39 is 6.04 Å². The molecule has 4 nitrogen and oxygen atoms in total. The van der Waals surface area contributed by atoms with Crippen molar-refractivity contribution in [1.29, 1.82) is 0 Å². The molecule has 16 heavy (non-hydrogen) atoms. The van der Waals surface area contributed by atoms with Crippen molar-refractivity contribution >= 4 is 23.6 Å². The fourth-order valence-electron chi connectivity index (χ4n) is 1.63. The smallest absolute Gasteiger partial charge is 0.329 e. The molecule has 0 aromatic carbocycles. The molecule has 1 atom stereocenters. The summed E-state index contributed by atoms with van der Waals surface area (Å²) in [7, 11) is 0. The van der Waals surface area contributed by atoms with Crippen LogP contribution >= 0.6 is 11.8 Å². The van der Waals surface area contributed by atoms with E-state index in [1.165, 1.54) is 0 Å². The van der Waals surface area contributed by atoms with Gasteiger partial charge in [0.1, 0.15) is 6.04 Å². The number of rotatable bonds is 3. The third-order valence-corrected chi connectivity index (χ3v) is 3.49. The Kier molecular flexibility index (Phi) is 5.12. The summed E-state index contributed by atoms with van der Waals surface area (Å²) in [5.41, 5.74) is 0. The summed E-state index contributed by atoms with van der Waals surface area (Å²) in [5, 5.41) is 0. The highest BCUT2D eigenvalue weighted by molar-refractivity contribution is 7.99. The Bertz CT molecular complexity index is 268. The first kappa shape index (κ1) is 13.4. The van der Waals surface area contributed by atoms with Crippen molar-refractivity contribution in [2.75, 3.05) is 24.7 Å². The van der Waals surface area contributed by atoms with Gasteiger partial charge in [0, 0.05) is 24.0 Å². The molecule has 1 unspecified atom stereocenters. The summed E-state index contributed by atoms with van der Waals surface area (Å²) in [5.74, 6) is 1.24. The maximum Gasteiger partial charge on any atom is 0.329 e. The topological polar surface area (TPSA) is 46.6 Å². The minimum Gasteiger partial charge on any atom is -0.464 e. The minimum absolute atomic E-state index is 0.0401. The van der Waals surface area contributed by atoms with E-state index in [-0.39, 0.29) is 17.8 Å². The zero-order chi connectivity index (χ0) is 12.1. The van der Waals surface area contributed by atoms with Crippen LogP contribution < -0.4 is 0 Å². The van der Waals surface area contributed by atoms with Crippen molar-refractivity contribution in [2.24, 2.45) is 5.92 Å². The number of ether oxygens (including phenoxy) is 1. The average molecular weight is 245 g/mol. The minimum atomic E-state index is -0.395. The van der Waals surface area contributed by atoms with Crippen LogP contribution in [0, 0.1) is 5.92 Å². The normalized spacial score (nSPS) is 21.0.